The van der Waals surface area contributed by atoms with Gasteiger partial charge in [0.25, 0.3) is 11.8 Å². The maximum absolute atomic E-state index is 13.4. The fraction of sp³-hybridized carbons (Fsp3) is 0.294. The number of halogens is 3. The maximum Gasteiger partial charge on any atom is 0.271 e. The third-order valence-corrected chi connectivity index (χ3v) is 5.39. The Morgan fingerprint density at radius 2 is 2.11 bits per heavy atom. The second-order valence-corrected chi connectivity index (χ2v) is 7.73. The van der Waals surface area contributed by atoms with Gasteiger partial charge in [0.1, 0.15) is 16.7 Å². The van der Waals surface area contributed by atoms with Crippen LogP contribution in [0.15, 0.2) is 34.1 Å². The molecule has 1 N–H and O–H groups in total. The SMILES string of the molecule is N#C[C@@H]1CC(F)(F)CN1C(=O)CNC(=O)c1csc(-c2ccc(Br)cc2)n1. The van der Waals surface area contributed by atoms with Crippen LogP contribution in [0.4, 0.5) is 8.78 Å². The van der Waals surface area contributed by atoms with Gasteiger partial charge in [-0.2, -0.15) is 5.26 Å². The number of hydrogen-bond acceptors (Lipinski definition) is 5. The molecule has 1 fully saturated rings. The summed E-state index contributed by atoms with van der Waals surface area (Å²) in [6.07, 6.45) is -0.689. The number of hydrogen-bond donors (Lipinski definition) is 1. The number of nitriles is 1. The first-order valence-corrected chi connectivity index (χ1v) is 9.53. The number of alkyl halides is 2. The summed E-state index contributed by atoms with van der Waals surface area (Å²) in [5.74, 6) is -4.40. The minimum Gasteiger partial charge on any atom is -0.342 e. The molecule has 10 heteroatoms. The Morgan fingerprint density at radius 3 is 2.78 bits per heavy atom. The monoisotopic (exact) mass is 454 g/mol. The van der Waals surface area contributed by atoms with Crippen LogP contribution in [0.1, 0.15) is 16.9 Å². The molecule has 1 atom stereocenters. The Balaban J connectivity index is 1.61. The standard InChI is InChI=1S/C17H13BrF2N4O2S/c18-11-3-1-10(2-4-11)16-23-13(8-27-16)15(26)22-7-14(25)24-9-17(19,20)5-12(24)6-21/h1-4,8,12H,5,7,9H2,(H,22,26)/t12-/m0/s1. The number of carbonyl (C=O) groups is 2. The van der Waals surface area contributed by atoms with Crippen LogP contribution in [0.25, 0.3) is 10.6 Å². The predicted molar refractivity (Wildman–Crippen MR) is 98.3 cm³/mol. The van der Waals surface area contributed by atoms with Gasteiger partial charge in [-0.1, -0.05) is 28.1 Å². The number of nitrogens with zero attached hydrogens (tertiary/aromatic N) is 3. The highest BCUT2D eigenvalue weighted by Crippen LogP contribution is 2.31. The lowest BCUT2D eigenvalue weighted by atomic mass is 10.2. The molecule has 0 saturated carbocycles. The Morgan fingerprint density at radius 1 is 1.41 bits per heavy atom. The van der Waals surface area contributed by atoms with Crippen molar-refractivity contribution in [3.8, 4) is 16.6 Å². The predicted octanol–water partition coefficient (Wildman–Crippen LogP) is 3.06. The van der Waals surface area contributed by atoms with E-state index in [1.165, 1.54) is 11.3 Å². The Hall–Kier alpha value is -2.38. The van der Waals surface area contributed by atoms with Gasteiger partial charge in [-0.3, -0.25) is 9.59 Å². The summed E-state index contributed by atoms with van der Waals surface area (Å²) in [6, 6.07) is 7.92. The number of thiazole rings is 1. The van der Waals surface area contributed by atoms with Crippen LogP contribution < -0.4 is 5.32 Å². The largest absolute Gasteiger partial charge is 0.342 e. The normalized spacial score (nSPS) is 18.1. The zero-order valence-corrected chi connectivity index (χ0v) is 16.2. The van der Waals surface area contributed by atoms with Crippen LogP contribution in [0.5, 0.6) is 0 Å². The van der Waals surface area contributed by atoms with Crippen molar-refractivity contribution in [3.63, 3.8) is 0 Å². The molecular formula is C17H13BrF2N4O2S. The van der Waals surface area contributed by atoms with E-state index in [1.54, 1.807) is 11.4 Å². The van der Waals surface area contributed by atoms with Crippen LogP contribution in [-0.4, -0.2) is 46.8 Å². The lowest BCUT2D eigenvalue weighted by molar-refractivity contribution is -0.131. The smallest absolute Gasteiger partial charge is 0.271 e. The Kier molecular flexibility index (Phi) is 5.53. The summed E-state index contributed by atoms with van der Waals surface area (Å²) in [5.41, 5.74) is 0.976. The first-order valence-electron chi connectivity index (χ1n) is 7.86. The fourth-order valence-corrected chi connectivity index (χ4v) is 3.72. The molecule has 1 aromatic carbocycles. The molecule has 2 amide bonds. The molecule has 140 valence electrons. The van der Waals surface area contributed by atoms with Crippen molar-refractivity contribution < 1.29 is 18.4 Å². The maximum atomic E-state index is 13.4. The summed E-state index contributed by atoms with van der Waals surface area (Å²) in [4.78, 5) is 29.3. The summed E-state index contributed by atoms with van der Waals surface area (Å²) in [7, 11) is 0. The number of amides is 2. The minimum atomic E-state index is -3.09. The van der Waals surface area contributed by atoms with Crippen LogP contribution in [0.2, 0.25) is 0 Å². The number of aromatic nitrogens is 1. The molecule has 2 heterocycles. The summed E-state index contributed by atoms with van der Waals surface area (Å²) in [6.45, 7) is -1.29. The number of rotatable bonds is 4. The molecule has 1 aliphatic rings. The number of likely N-dealkylation sites (tertiary alicyclic amines) is 1. The van der Waals surface area contributed by atoms with E-state index in [1.807, 2.05) is 24.3 Å². The van der Waals surface area contributed by atoms with Crippen molar-refractivity contribution in [2.45, 2.75) is 18.4 Å². The fourth-order valence-electron chi connectivity index (χ4n) is 2.65. The summed E-state index contributed by atoms with van der Waals surface area (Å²) >= 11 is 4.62. The van der Waals surface area contributed by atoms with Crippen molar-refractivity contribution in [2.75, 3.05) is 13.1 Å². The molecule has 6 nitrogen and oxygen atoms in total. The van der Waals surface area contributed by atoms with Crippen molar-refractivity contribution in [3.05, 3.63) is 39.8 Å². The summed E-state index contributed by atoms with van der Waals surface area (Å²) in [5, 5.41) is 13.5. The second-order valence-electron chi connectivity index (χ2n) is 5.95. The molecule has 2 aromatic rings. The average Bonchev–Trinajstić information content (AvgIpc) is 3.24. The number of benzene rings is 1. The molecular weight excluding hydrogens is 442 g/mol. The molecule has 27 heavy (non-hydrogen) atoms. The van der Waals surface area contributed by atoms with Crippen LogP contribution in [-0.2, 0) is 4.79 Å². The molecule has 0 spiro atoms. The number of carbonyl (C=O) groups excluding carboxylic acids is 2. The van der Waals surface area contributed by atoms with Gasteiger partial charge in [-0.15, -0.1) is 11.3 Å². The summed E-state index contributed by atoms with van der Waals surface area (Å²) < 4.78 is 27.7. The third kappa shape index (κ3) is 4.48. The van der Waals surface area contributed by atoms with Gasteiger partial charge in [-0.25, -0.2) is 13.8 Å². The van der Waals surface area contributed by atoms with Gasteiger partial charge in [0.2, 0.25) is 5.91 Å². The second kappa shape index (κ2) is 7.70. The van der Waals surface area contributed by atoms with Crippen LogP contribution >= 0.6 is 27.3 Å². The van der Waals surface area contributed by atoms with Crippen molar-refractivity contribution in [1.29, 1.82) is 5.26 Å². The van der Waals surface area contributed by atoms with Crippen LogP contribution in [0.3, 0.4) is 0 Å². The lowest BCUT2D eigenvalue weighted by Gasteiger charge is -2.19. The van der Waals surface area contributed by atoms with E-state index in [9.17, 15) is 18.4 Å². The van der Waals surface area contributed by atoms with E-state index in [-0.39, 0.29) is 5.69 Å². The minimum absolute atomic E-state index is 0.134. The van der Waals surface area contributed by atoms with E-state index < -0.39 is 43.3 Å². The molecule has 1 aromatic heterocycles. The molecule has 3 rings (SSSR count). The van der Waals surface area contributed by atoms with Crippen LogP contribution in [0, 0.1) is 11.3 Å². The van der Waals surface area contributed by atoms with E-state index in [0.29, 0.717) is 5.01 Å². The first-order chi connectivity index (χ1) is 12.8. The highest BCUT2D eigenvalue weighted by molar-refractivity contribution is 9.10. The van der Waals surface area contributed by atoms with Gasteiger partial charge in [-0.05, 0) is 12.1 Å². The van der Waals surface area contributed by atoms with Gasteiger partial charge in [0.05, 0.1) is 19.2 Å². The van der Waals surface area contributed by atoms with E-state index in [4.69, 9.17) is 5.26 Å². The molecule has 0 bridgehead atoms. The van der Waals surface area contributed by atoms with E-state index >= 15 is 0 Å². The van der Waals surface area contributed by atoms with Crippen molar-refractivity contribution in [1.82, 2.24) is 15.2 Å². The molecule has 0 aliphatic carbocycles. The number of nitrogens with one attached hydrogen (secondary N) is 1. The van der Waals surface area contributed by atoms with Crippen molar-refractivity contribution >= 4 is 39.1 Å². The van der Waals surface area contributed by atoms with Gasteiger partial charge in [0, 0.05) is 21.8 Å². The average molecular weight is 455 g/mol. The van der Waals surface area contributed by atoms with Gasteiger partial charge >= 0.3 is 0 Å². The molecule has 0 unspecified atom stereocenters. The van der Waals surface area contributed by atoms with E-state index in [0.717, 1.165) is 14.9 Å². The first kappa shape index (κ1) is 19.4. The van der Waals surface area contributed by atoms with Gasteiger partial charge in [0.15, 0.2) is 0 Å². The molecule has 1 saturated heterocycles. The highest BCUT2D eigenvalue weighted by Gasteiger charge is 2.47. The Labute approximate surface area is 165 Å². The highest BCUT2D eigenvalue weighted by atomic mass is 79.9. The quantitative estimate of drug-likeness (QED) is 0.768. The topological polar surface area (TPSA) is 86.1 Å². The third-order valence-electron chi connectivity index (χ3n) is 3.97. The molecule has 0 radical (unpaired) electrons. The van der Waals surface area contributed by atoms with E-state index in [2.05, 4.69) is 26.2 Å². The van der Waals surface area contributed by atoms with Crippen molar-refractivity contribution in [2.24, 2.45) is 0 Å². The zero-order valence-electron chi connectivity index (χ0n) is 13.8. The molecule has 1 aliphatic heterocycles. The Bertz CT molecular complexity index is 910. The zero-order chi connectivity index (χ0) is 19.6. The lowest BCUT2D eigenvalue weighted by Crippen LogP contribution is -2.43. The van der Waals surface area contributed by atoms with Gasteiger partial charge < -0.3 is 10.2 Å².